The van der Waals surface area contributed by atoms with Crippen LogP contribution in [0, 0.1) is 5.92 Å². The third kappa shape index (κ3) is 4.92. The molecule has 1 aromatic heterocycles. The average molecular weight is 313 g/mol. The molecule has 0 saturated carbocycles. The van der Waals surface area contributed by atoms with E-state index in [-0.39, 0.29) is 0 Å². The van der Waals surface area contributed by atoms with Crippen LogP contribution in [-0.2, 0) is 22.6 Å². The Balaban J connectivity index is 1.99. The molecule has 0 bridgehead atoms. The topological polar surface area (TPSA) is 46.6 Å². The highest BCUT2D eigenvalue weighted by atomic mass is 32.1. The molecule has 1 aliphatic heterocycles. The fraction of sp³-hybridized carbons (Fsp3) is 0.800. The molecule has 5 nitrogen and oxygen atoms in total. The molecule has 1 atom stereocenters. The molecular weight excluding hydrogens is 286 g/mol. The standard InChI is InChI=1S/C15H27N3O2S/c1-4-16-8-14-13(11-19-3)17-15(21-14)18(2)9-12-6-5-7-20-10-12/h12,16H,4-11H2,1-3H3. The van der Waals surface area contributed by atoms with Crippen molar-refractivity contribution in [2.75, 3.05) is 45.4 Å². The monoisotopic (exact) mass is 313 g/mol. The first kappa shape index (κ1) is 16.7. The van der Waals surface area contributed by atoms with Crippen molar-refractivity contribution < 1.29 is 9.47 Å². The third-order valence-electron chi connectivity index (χ3n) is 3.70. The van der Waals surface area contributed by atoms with Gasteiger partial charge in [0.15, 0.2) is 5.13 Å². The predicted molar refractivity (Wildman–Crippen MR) is 87.0 cm³/mol. The molecule has 1 aromatic rings. The lowest BCUT2D eigenvalue weighted by molar-refractivity contribution is 0.0576. The van der Waals surface area contributed by atoms with Crippen molar-refractivity contribution in [3.05, 3.63) is 10.6 Å². The van der Waals surface area contributed by atoms with Gasteiger partial charge in [-0.1, -0.05) is 6.92 Å². The summed E-state index contributed by atoms with van der Waals surface area (Å²) in [5.41, 5.74) is 1.06. The van der Waals surface area contributed by atoms with E-state index >= 15 is 0 Å². The first-order chi connectivity index (χ1) is 10.2. The molecule has 1 saturated heterocycles. The quantitative estimate of drug-likeness (QED) is 0.798. The number of aromatic nitrogens is 1. The summed E-state index contributed by atoms with van der Waals surface area (Å²) in [6.07, 6.45) is 2.43. The van der Waals surface area contributed by atoms with Crippen LogP contribution in [0.15, 0.2) is 0 Å². The first-order valence-corrected chi connectivity index (χ1v) is 8.53. The molecule has 0 aromatic carbocycles. The van der Waals surface area contributed by atoms with Gasteiger partial charge in [0.1, 0.15) is 0 Å². The Bertz CT molecular complexity index is 419. The summed E-state index contributed by atoms with van der Waals surface area (Å²) in [5.74, 6) is 0.621. The number of nitrogens with one attached hydrogen (secondary N) is 1. The zero-order valence-corrected chi connectivity index (χ0v) is 14.2. The van der Waals surface area contributed by atoms with Gasteiger partial charge in [-0.05, 0) is 25.3 Å². The van der Waals surface area contributed by atoms with E-state index in [9.17, 15) is 0 Å². The number of methoxy groups -OCH3 is 1. The number of nitrogens with zero attached hydrogens (tertiary/aromatic N) is 2. The van der Waals surface area contributed by atoms with Gasteiger partial charge in [0.25, 0.3) is 0 Å². The SMILES string of the molecule is CCNCc1sc(N(C)CC2CCCOC2)nc1COC. The van der Waals surface area contributed by atoms with E-state index in [0.717, 1.165) is 43.7 Å². The molecule has 2 rings (SSSR count). The number of ether oxygens (including phenoxy) is 2. The largest absolute Gasteiger partial charge is 0.381 e. The Morgan fingerprint density at radius 2 is 2.38 bits per heavy atom. The van der Waals surface area contributed by atoms with Gasteiger partial charge in [-0.2, -0.15) is 0 Å². The van der Waals surface area contributed by atoms with Gasteiger partial charge in [-0.15, -0.1) is 11.3 Å². The molecule has 1 unspecified atom stereocenters. The van der Waals surface area contributed by atoms with Gasteiger partial charge in [0.05, 0.1) is 18.9 Å². The maximum absolute atomic E-state index is 5.57. The molecule has 0 amide bonds. The smallest absolute Gasteiger partial charge is 0.185 e. The van der Waals surface area contributed by atoms with Gasteiger partial charge < -0.3 is 19.7 Å². The van der Waals surface area contributed by atoms with E-state index in [4.69, 9.17) is 14.5 Å². The Morgan fingerprint density at radius 1 is 1.52 bits per heavy atom. The minimum Gasteiger partial charge on any atom is -0.381 e. The van der Waals surface area contributed by atoms with Crippen molar-refractivity contribution >= 4 is 16.5 Å². The van der Waals surface area contributed by atoms with E-state index in [1.165, 1.54) is 17.7 Å². The fourth-order valence-corrected chi connectivity index (χ4v) is 3.58. The van der Waals surface area contributed by atoms with Crippen LogP contribution in [0.4, 0.5) is 5.13 Å². The second-order valence-electron chi connectivity index (χ2n) is 5.54. The highest BCUT2D eigenvalue weighted by Gasteiger charge is 2.19. The van der Waals surface area contributed by atoms with Crippen LogP contribution < -0.4 is 10.2 Å². The van der Waals surface area contributed by atoms with Gasteiger partial charge in [-0.25, -0.2) is 4.98 Å². The summed E-state index contributed by atoms with van der Waals surface area (Å²) in [6, 6.07) is 0. The normalized spacial score (nSPS) is 18.9. The highest BCUT2D eigenvalue weighted by molar-refractivity contribution is 7.15. The molecule has 1 fully saturated rings. The minimum absolute atomic E-state index is 0.581. The number of anilines is 1. The van der Waals surface area contributed by atoms with Crippen LogP contribution in [0.3, 0.4) is 0 Å². The number of rotatable bonds is 8. The molecule has 1 N–H and O–H groups in total. The second-order valence-corrected chi connectivity index (χ2v) is 6.61. The van der Waals surface area contributed by atoms with Crippen LogP contribution in [0.25, 0.3) is 0 Å². The van der Waals surface area contributed by atoms with Crippen molar-refractivity contribution in [2.45, 2.75) is 32.9 Å². The predicted octanol–water partition coefficient (Wildman–Crippen LogP) is 2.26. The van der Waals surface area contributed by atoms with Crippen molar-refractivity contribution in [3.8, 4) is 0 Å². The number of hydrogen-bond donors (Lipinski definition) is 1. The van der Waals surface area contributed by atoms with Gasteiger partial charge >= 0.3 is 0 Å². The van der Waals surface area contributed by atoms with Crippen molar-refractivity contribution in [3.63, 3.8) is 0 Å². The Kier molecular flexibility index (Phi) is 6.89. The molecular formula is C15H27N3O2S. The summed E-state index contributed by atoms with van der Waals surface area (Å²) in [5, 5.41) is 4.46. The van der Waals surface area contributed by atoms with Crippen LogP contribution in [0.5, 0.6) is 0 Å². The summed E-state index contributed by atoms with van der Waals surface area (Å²) in [6.45, 7) is 7.35. The van der Waals surface area contributed by atoms with Crippen LogP contribution >= 0.6 is 11.3 Å². The summed E-state index contributed by atoms with van der Waals surface area (Å²) >= 11 is 1.77. The molecule has 21 heavy (non-hydrogen) atoms. The molecule has 2 heterocycles. The second kappa shape index (κ2) is 8.68. The molecule has 120 valence electrons. The van der Waals surface area contributed by atoms with Crippen LogP contribution in [0.1, 0.15) is 30.3 Å². The lowest BCUT2D eigenvalue weighted by Crippen LogP contribution is -2.30. The maximum atomic E-state index is 5.57. The number of hydrogen-bond acceptors (Lipinski definition) is 6. The van der Waals surface area contributed by atoms with E-state index in [1.807, 2.05) is 0 Å². The Hall–Kier alpha value is -0.690. The van der Waals surface area contributed by atoms with E-state index < -0.39 is 0 Å². The molecule has 0 spiro atoms. The maximum Gasteiger partial charge on any atom is 0.185 e. The first-order valence-electron chi connectivity index (χ1n) is 7.71. The fourth-order valence-electron chi connectivity index (χ4n) is 2.58. The van der Waals surface area contributed by atoms with Crippen LogP contribution in [-0.4, -0.2) is 45.4 Å². The zero-order valence-electron chi connectivity index (χ0n) is 13.4. The third-order valence-corrected chi connectivity index (χ3v) is 4.91. The zero-order chi connectivity index (χ0) is 15.1. The van der Waals surface area contributed by atoms with Gasteiger partial charge in [0.2, 0.25) is 0 Å². The van der Waals surface area contributed by atoms with Crippen molar-refractivity contribution in [1.82, 2.24) is 10.3 Å². The summed E-state index contributed by atoms with van der Waals surface area (Å²) in [7, 11) is 3.85. The molecule has 6 heteroatoms. The molecule has 0 radical (unpaired) electrons. The lowest BCUT2D eigenvalue weighted by Gasteiger charge is -2.26. The summed E-state index contributed by atoms with van der Waals surface area (Å²) in [4.78, 5) is 8.30. The van der Waals surface area contributed by atoms with Crippen molar-refractivity contribution in [1.29, 1.82) is 0 Å². The lowest BCUT2D eigenvalue weighted by atomic mass is 10.0. The summed E-state index contributed by atoms with van der Waals surface area (Å²) < 4.78 is 10.8. The molecule has 1 aliphatic rings. The number of thiazole rings is 1. The van der Waals surface area contributed by atoms with Gasteiger partial charge in [-0.3, -0.25) is 0 Å². The Labute approximate surface area is 131 Å². The van der Waals surface area contributed by atoms with Crippen molar-refractivity contribution in [2.24, 2.45) is 5.92 Å². The van der Waals surface area contributed by atoms with E-state index in [2.05, 4.69) is 24.2 Å². The minimum atomic E-state index is 0.581. The molecule has 0 aliphatic carbocycles. The van der Waals surface area contributed by atoms with E-state index in [0.29, 0.717) is 12.5 Å². The van der Waals surface area contributed by atoms with E-state index in [1.54, 1.807) is 18.4 Å². The Morgan fingerprint density at radius 3 is 3.05 bits per heavy atom. The highest BCUT2D eigenvalue weighted by Crippen LogP contribution is 2.27. The average Bonchev–Trinajstić information content (AvgIpc) is 2.90. The van der Waals surface area contributed by atoms with Gasteiger partial charge in [0, 0.05) is 38.7 Å². The van der Waals surface area contributed by atoms with Crippen LogP contribution in [0.2, 0.25) is 0 Å².